The average Bonchev–Trinajstić information content (AvgIpc) is 3.29. The Morgan fingerprint density at radius 2 is 1.55 bits per heavy atom. The minimum Gasteiger partial charge on any atom is -0.493 e. The fourth-order valence-electron chi connectivity index (χ4n) is 4.66. The Labute approximate surface area is 243 Å². The number of aromatic nitrogens is 3. The van der Waals surface area contributed by atoms with Crippen molar-refractivity contribution in [1.82, 2.24) is 14.5 Å². The van der Waals surface area contributed by atoms with Crippen LogP contribution in [0.5, 0.6) is 23.0 Å². The Morgan fingerprint density at radius 1 is 0.881 bits per heavy atom. The van der Waals surface area contributed by atoms with Crippen LogP contribution in [0.25, 0.3) is 22.2 Å². The third-order valence-electron chi connectivity index (χ3n) is 6.66. The summed E-state index contributed by atoms with van der Waals surface area (Å²) in [7, 11) is 4.99. The van der Waals surface area contributed by atoms with Crippen molar-refractivity contribution in [3.8, 4) is 34.3 Å². The Morgan fingerprint density at radius 3 is 2.19 bits per heavy atom. The van der Waals surface area contributed by atoms with E-state index < -0.39 is 6.03 Å². The molecule has 2 heterocycles. The zero-order valence-corrected chi connectivity index (χ0v) is 24.3. The second-order valence-corrected chi connectivity index (χ2v) is 10.7. The number of imidazole rings is 1. The molecule has 0 aliphatic heterocycles. The number of benzene rings is 3. The molecule has 216 valence electrons. The highest BCUT2D eigenvalue weighted by Crippen LogP contribution is 2.37. The van der Waals surface area contributed by atoms with Crippen LogP contribution in [0.1, 0.15) is 26.6 Å². The number of ether oxygens (including phenoxy) is 3. The van der Waals surface area contributed by atoms with Crippen molar-refractivity contribution in [2.24, 2.45) is 7.05 Å². The van der Waals surface area contributed by atoms with Gasteiger partial charge in [-0.05, 0) is 60.7 Å². The first kappa shape index (κ1) is 28.4. The third-order valence-corrected chi connectivity index (χ3v) is 6.66. The van der Waals surface area contributed by atoms with Crippen LogP contribution in [0.2, 0.25) is 0 Å². The van der Waals surface area contributed by atoms with Crippen LogP contribution in [0, 0.1) is 5.82 Å². The number of amides is 2. The molecule has 2 N–H and O–H groups in total. The van der Waals surface area contributed by atoms with Gasteiger partial charge in [-0.1, -0.05) is 20.8 Å². The molecular formula is C32H32FN5O4. The second-order valence-electron chi connectivity index (χ2n) is 10.7. The van der Waals surface area contributed by atoms with Gasteiger partial charge < -0.3 is 24.1 Å². The van der Waals surface area contributed by atoms with Crippen LogP contribution >= 0.6 is 0 Å². The molecule has 9 nitrogen and oxygen atoms in total. The van der Waals surface area contributed by atoms with Crippen molar-refractivity contribution >= 4 is 28.4 Å². The van der Waals surface area contributed by atoms with E-state index in [-0.39, 0.29) is 11.2 Å². The van der Waals surface area contributed by atoms with E-state index in [4.69, 9.17) is 19.2 Å². The van der Waals surface area contributed by atoms with Crippen LogP contribution in [0.3, 0.4) is 0 Å². The molecule has 0 fully saturated rings. The molecule has 0 unspecified atom stereocenters. The molecule has 5 aromatic rings. The van der Waals surface area contributed by atoms with E-state index in [2.05, 4.69) is 15.6 Å². The van der Waals surface area contributed by atoms with Gasteiger partial charge >= 0.3 is 6.03 Å². The molecule has 0 atom stereocenters. The van der Waals surface area contributed by atoms with E-state index in [9.17, 15) is 9.18 Å². The molecule has 2 aromatic heterocycles. The van der Waals surface area contributed by atoms with Gasteiger partial charge in [-0.15, -0.1) is 0 Å². The Kier molecular flexibility index (Phi) is 7.71. The minimum absolute atomic E-state index is 0.285. The third kappa shape index (κ3) is 5.83. The normalized spacial score (nSPS) is 11.3. The number of hydrogen-bond donors (Lipinski definition) is 2. The van der Waals surface area contributed by atoms with E-state index >= 15 is 0 Å². The number of fused-ring (bicyclic) bond motifs is 1. The summed E-state index contributed by atoms with van der Waals surface area (Å²) < 4.78 is 32.4. The molecule has 5 rings (SSSR count). The number of carbonyl (C=O) groups excluding carboxylic acids is 1. The average molecular weight is 570 g/mol. The van der Waals surface area contributed by atoms with Gasteiger partial charge in [0.25, 0.3) is 0 Å². The van der Waals surface area contributed by atoms with Crippen LogP contribution in [-0.2, 0) is 12.5 Å². The van der Waals surface area contributed by atoms with Gasteiger partial charge in [0.2, 0.25) is 0 Å². The smallest absolute Gasteiger partial charge is 0.324 e. The fourth-order valence-corrected chi connectivity index (χ4v) is 4.66. The zero-order valence-electron chi connectivity index (χ0n) is 24.3. The Bertz CT molecular complexity index is 1740. The van der Waals surface area contributed by atoms with Crippen molar-refractivity contribution in [2.45, 2.75) is 26.2 Å². The summed E-state index contributed by atoms with van der Waals surface area (Å²) in [5, 5.41) is 6.54. The van der Waals surface area contributed by atoms with Crippen LogP contribution in [0.15, 0.2) is 72.9 Å². The first-order chi connectivity index (χ1) is 20.1. The molecule has 0 bridgehead atoms. The Balaban J connectivity index is 1.34. The van der Waals surface area contributed by atoms with Gasteiger partial charge in [0.05, 0.1) is 19.7 Å². The summed E-state index contributed by atoms with van der Waals surface area (Å²) in [4.78, 5) is 22.3. The number of rotatable bonds is 7. The van der Waals surface area contributed by atoms with Gasteiger partial charge in [0.1, 0.15) is 34.7 Å². The monoisotopic (exact) mass is 569 g/mol. The molecule has 10 heteroatoms. The standard InChI is InChI=1S/C32H32FN5O4/c1-32(2,3)30-36-28(19-7-9-20(33)10-8-19)29(38(30)4)37-31(39)35-21-11-13-22(14-12-21)42-25-15-16-34-24-18-27(41-6)26(40-5)17-23(24)25/h7-18H,1-6H3,(H2,35,37,39). The van der Waals surface area contributed by atoms with Crippen molar-refractivity contribution in [3.05, 3.63) is 84.6 Å². The van der Waals surface area contributed by atoms with Crippen molar-refractivity contribution < 1.29 is 23.4 Å². The van der Waals surface area contributed by atoms with E-state index in [1.165, 1.54) is 12.1 Å². The van der Waals surface area contributed by atoms with Crippen molar-refractivity contribution in [3.63, 3.8) is 0 Å². The first-order valence-electron chi connectivity index (χ1n) is 13.3. The number of nitrogens with zero attached hydrogens (tertiary/aromatic N) is 3. The minimum atomic E-state index is -0.448. The predicted molar refractivity (Wildman–Crippen MR) is 161 cm³/mol. The molecule has 0 aliphatic carbocycles. The molecule has 0 saturated carbocycles. The summed E-state index contributed by atoms with van der Waals surface area (Å²) in [5.74, 6) is 3.25. The predicted octanol–water partition coefficient (Wildman–Crippen LogP) is 7.53. The lowest BCUT2D eigenvalue weighted by molar-refractivity contribution is 0.262. The number of methoxy groups -OCH3 is 2. The second kappa shape index (κ2) is 11.4. The number of urea groups is 1. The van der Waals surface area contributed by atoms with Crippen LogP contribution in [0.4, 0.5) is 20.7 Å². The summed E-state index contributed by atoms with van der Waals surface area (Å²) in [6, 6.07) is 18.0. The molecule has 0 saturated heterocycles. The number of hydrogen-bond acceptors (Lipinski definition) is 6. The van der Waals surface area contributed by atoms with Gasteiger partial charge in [-0.25, -0.2) is 14.2 Å². The van der Waals surface area contributed by atoms with E-state index in [1.54, 1.807) is 68.9 Å². The van der Waals surface area contributed by atoms with Crippen LogP contribution < -0.4 is 24.8 Å². The van der Waals surface area contributed by atoms with Gasteiger partial charge in [0.15, 0.2) is 11.5 Å². The van der Waals surface area contributed by atoms with Crippen molar-refractivity contribution in [1.29, 1.82) is 0 Å². The number of carbonyl (C=O) groups is 1. The first-order valence-corrected chi connectivity index (χ1v) is 13.3. The number of pyridine rings is 1. The molecule has 0 aliphatic rings. The number of anilines is 2. The highest BCUT2D eigenvalue weighted by atomic mass is 19.1. The molecule has 0 radical (unpaired) electrons. The summed E-state index contributed by atoms with van der Waals surface area (Å²) in [6.45, 7) is 6.12. The van der Waals surface area contributed by atoms with Gasteiger partial charge in [-0.2, -0.15) is 0 Å². The fraction of sp³-hybridized carbons (Fsp3) is 0.219. The Hall–Kier alpha value is -5.12. The lowest BCUT2D eigenvalue weighted by Gasteiger charge is -2.18. The molecule has 2 amide bonds. The number of halogens is 1. The maximum Gasteiger partial charge on any atom is 0.324 e. The maximum absolute atomic E-state index is 13.6. The van der Waals surface area contributed by atoms with Gasteiger partial charge in [-0.3, -0.25) is 10.3 Å². The lowest BCUT2D eigenvalue weighted by atomic mass is 9.96. The van der Waals surface area contributed by atoms with Gasteiger partial charge in [0, 0.05) is 41.4 Å². The molecule has 3 aromatic carbocycles. The van der Waals surface area contributed by atoms with E-state index in [0.29, 0.717) is 51.3 Å². The highest BCUT2D eigenvalue weighted by Gasteiger charge is 2.26. The highest BCUT2D eigenvalue weighted by molar-refractivity contribution is 6.01. The quantitative estimate of drug-likeness (QED) is 0.210. The zero-order chi connectivity index (χ0) is 30.0. The van der Waals surface area contributed by atoms with E-state index in [1.807, 2.05) is 38.5 Å². The molecule has 0 spiro atoms. The summed E-state index contributed by atoms with van der Waals surface area (Å²) in [5.41, 5.74) is 2.23. The molecular weight excluding hydrogens is 537 g/mol. The lowest BCUT2D eigenvalue weighted by Crippen LogP contribution is -2.23. The SMILES string of the molecule is COc1cc2nccc(Oc3ccc(NC(=O)Nc4c(-c5ccc(F)cc5)nc(C(C)(C)C)n4C)cc3)c2cc1OC. The summed E-state index contributed by atoms with van der Waals surface area (Å²) >= 11 is 0. The maximum atomic E-state index is 13.6. The number of nitrogens with one attached hydrogen (secondary N) is 2. The largest absolute Gasteiger partial charge is 0.493 e. The summed E-state index contributed by atoms with van der Waals surface area (Å²) in [6.07, 6.45) is 1.66. The van der Waals surface area contributed by atoms with Crippen molar-refractivity contribution in [2.75, 3.05) is 24.9 Å². The van der Waals surface area contributed by atoms with Crippen LogP contribution in [-0.4, -0.2) is 34.8 Å². The van der Waals surface area contributed by atoms with E-state index in [0.717, 1.165) is 11.2 Å². The molecule has 42 heavy (non-hydrogen) atoms. The topological polar surface area (TPSA) is 99.5 Å².